The van der Waals surface area contributed by atoms with Crippen LogP contribution in [0.3, 0.4) is 0 Å². The summed E-state index contributed by atoms with van der Waals surface area (Å²) in [6.45, 7) is 0. The molecular weight excluding hydrogens is 176 g/mol. The summed E-state index contributed by atoms with van der Waals surface area (Å²) in [6, 6.07) is 8.02. The summed E-state index contributed by atoms with van der Waals surface area (Å²) in [5.41, 5.74) is 2.38. The highest BCUT2D eigenvalue weighted by Crippen LogP contribution is 2.33. The topological polar surface area (TPSA) is 37.3 Å². The normalized spacial score (nSPS) is 22.5. The first-order valence-electron chi connectivity index (χ1n) is 4.96. The Bertz CT molecular complexity index is 333. The summed E-state index contributed by atoms with van der Waals surface area (Å²) in [5, 5.41) is 9.51. The lowest BCUT2D eigenvalue weighted by Crippen LogP contribution is -2.23. The maximum atomic E-state index is 10.4. The summed E-state index contributed by atoms with van der Waals surface area (Å²) >= 11 is 0. The maximum absolute atomic E-state index is 10.4. The van der Waals surface area contributed by atoms with Crippen molar-refractivity contribution in [1.29, 1.82) is 0 Å². The molecule has 0 bridgehead atoms. The summed E-state index contributed by atoms with van der Waals surface area (Å²) < 4.78 is 0. The van der Waals surface area contributed by atoms with Gasteiger partial charge in [-0.1, -0.05) is 24.3 Å². The average Bonchev–Trinajstić information content (AvgIpc) is 2.27. The highest BCUT2D eigenvalue weighted by atomic mass is 16.3. The van der Waals surface area contributed by atoms with Gasteiger partial charge in [-0.15, -0.1) is 0 Å². The lowest BCUT2D eigenvalue weighted by atomic mass is 9.80. The molecule has 2 heteroatoms. The monoisotopic (exact) mass is 189 g/mol. The van der Waals surface area contributed by atoms with Gasteiger partial charge in [0, 0.05) is 5.92 Å². The molecule has 14 heavy (non-hydrogen) atoms. The largest absolute Gasteiger partial charge is 0.384 e. The summed E-state index contributed by atoms with van der Waals surface area (Å²) in [4.78, 5) is 10.4. The molecule has 1 aliphatic carbocycles. The highest BCUT2D eigenvalue weighted by molar-refractivity contribution is 5.59. The van der Waals surface area contributed by atoms with Gasteiger partial charge in [-0.3, -0.25) is 4.79 Å². The van der Waals surface area contributed by atoms with Crippen LogP contribution in [-0.2, 0) is 11.2 Å². The van der Waals surface area contributed by atoms with Crippen LogP contribution in [0.5, 0.6) is 0 Å². The van der Waals surface area contributed by atoms with Gasteiger partial charge in [0.15, 0.2) is 0 Å². The number of carbonyl (C=O) groups excluding carboxylic acids is 1. The summed E-state index contributed by atoms with van der Waals surface area (Å²) in [5.74, 6) is -0.0440. The summed E-state index contributed by atoms with van der Waals surface area (Å²) in [7, 11) is 0. The second kappa shape index (κ2) is 3.93. The third-order valence-electron chi connectivity index (χ3n) is 2.92. The molecule has 0 heterocycles. The number of rotatable bonds is 2. The Morgan fingerprint density at radius 1 is 1.43 bits per heavy atom. The van der Waals surface area contributed by atoms with E-state index in [4.69, 9.17) is 0 Å². The molecule has 1 aliphatic rings. The highest BCUT2D eigenvalue weighted by Gasteiger charge is 2.26. The van der Waals surface area contributed by atoms with Crippen LogP contribution in [0.2, 0.25) is 0 Å². The van der Waals surface area contributed by atoms with Crippen LogP contribution in [0, 0.1) is 0 Å². The molecule has 1 aromatic rings. The van der Waals surface area contributed by atoms with Crippen LogP contribution in [0.15, 0.2) is 24.3 Å². The predicted octanol–water partition coefficient (Wildman–Crippen LogP) is 1.58. The zero-order chi connectivity index (χ0) is 9.97. The zero-order valence-corrected chi connectivity index (χ0v) is 7.94. The fourth-order valence-corrected chi connectivity index (χ4v) is 2.20. The second-order valence-electron chi connectivity index (χ2n) is 3.76. The third kappa shape index (κ3) is 1.58. The van der Waals surface area contributed by atoms with Gasteiger partial charge < -0.3 is 5.11 Å². The van der Waals surface area contributed by atoms with Crippen molar-refractivity contribution in [3.63, 3.8) is 0 Å². The standard InChI is InChI=1S/C12H13O2/c13-8-12(14)11-7-3-5-9-4-1-2-6-10(9)11/h1-2,4,6,11-12,14H,3,5,7H2. The Balaban J connectivity index is 2.35. The van der Waals surface area contributed by atoms with E-state index < -0.39 is 6.10 Å². The zero-order valence-electron chi connectivity index (χ0n) is 7.94. The molecule has 0 fully saturated rings. The first-order valence-corrected chi connectivity index (χ1v) is 4.96. The van der Waals surface area contributed by atoms with Crippen molar-refractivity contribution < 1.29 is 9.90 Å². The second-order valence-corrected chi connectivity index (χ2v) is 3.76. The molecule has 2 unspecified atom stereocenters. The van der Waals surface area contributed by atoms with Crippen molar-refractivity contribution in [2.75, 3.05) is 0 Å². The van der Waals surface area contributed by atoms with Crippen LogP contribution in [0.4, 0.5) is 0 Å². The molecule has 73 valence electrons. The van der Waals surface area contributed by atoms with E-state index in [9.17, 15) is 9.90 Å². The van der Waals surface area contributed by atoms with Crippen LogP contribution in [-0.4, -0.2) is 17.5 Å². The van der Waals surface area contributed by atoms with E-state index in [-0.39, 0.29) is 5.92 Å². The molecule has 0 aromatic heterocycles. The third-order valence-corrected chi connectivity index (χ3v) is 2.92. The minimum absolute atomic E-state index is 0.0440. The van der Waals surface area contributed by atoms with Gasteiger partial charge in [-0.25, -0.2) is 0 Å². The molecular formula is C12H13O2. The van der Waals surface area contributed by atoms with Crippen molar-refractivity contribution in [2.24, 2.45) is 0 Å². The number of benzene rings is 1. The maximum Gasteiger partial charge on any atom is 0.230 e. The number of aliphatic hydroxyl groups excluding tert-OH is 1. The van der Waals surface area contributed by atoms with E-state index in [0.29, 0.717) is 0 Å². The molecule has 1 N–H and O–H groups in total. The fraction of sp³-hybridized carbons (Fsp3) is 0.417. The van der Waals surface area contributed by atoms with Gasteiger partial charge in [-0.05, 0) is 30.4 Å². The van der Waals surface area contributed by atoms with Gasteiger partial charge >= 0.3 is 0 Å². The fourth-order valence-electron chi connectivity index (χ4n) is 2.20. The molecule has 1 radical (unpaired) electrons. The van der Waals surface area contributed by atoms with Crippen LogP contribution < -0.4 is 0 Å². The quantitative estimate of drug-likeness (QED) is 0.766. The van der Waals surface area contributed by atoms with Crippen molar-refractivity contribution in [1.82, 2.24) is 0 Å². The van der Waals surface area contributed by atoms with E-state index in [1.54, 1.807) is 6.29 Å². The van der Waals surface area contributed by atoms with Gasteiger partial charge in [0.05, 0.1) is 0 Å². The minimum Gasteiger partial charge on any atom is -0.384 e. The lowest BCUT2D eigenvalue weighted by Gasteiger charge is -2.26. The van der Waals surface area contributed by atoms with Gasteiger partial charge in [-0.2, -0.15) is 0 Å². The van der Waals surface area contributed by atoms with E-state index in [1.165, 1.54) is 5.56 Å². The smallest absolute Gasteiger partial charge is 0.230 e. The Hall–Kier alpha value is -1.15. The van der Waals surface area contributed by atoms with Gasteiger partial charge in [0.2, 0.25) is 6.29 Å². The minimum atomic E-state index is -0.962. The van der Waals surface area contributed by atoms with Gasteiger partial charge in [0.1, 0.15) is 6.10 Å². The Morgan fingerprint density at radius 2 is 2.21 bits per heavy atom. The van der Waals surface area contributed by atoms with E-state index in [2.05, 4.69) is 6.07 Å². The number of aliphatic hydroxyl groups is 1. The van der Waals surface area contributed by atoms with Crippen LogP contribution >= 0.6 is 0 Å². The van der Waals surface area contributed by atoms with Crippen molar-refractivity contribution in [2.45, 2.75) is 31.3 Å². The molecule has 0 saturated carbocycles. The van der Waals surface area contributed by atoms with Crippen LogP contribution in [0.25, 0.3) is 0 Å². The molecule has 0 amide bonds. The van der Waals surface area contributed by atoms with Crippen LogP contribution in [0.1, 0.15) is 29.9 Å². The van der Waals surface area contributed by atoms with Crippen molar-refractivity contribution >= 4 is 6.29 Å². The lowest BCUT2D eigenvalue weighted by molar-refractivity contribution is 0.192. The van der Waals surface area contributed by atoms with E-state index in [0.717, 1.165) is 24.8 Å². The predicted molar refractivity (Wildman–Crippen MR) is 53.8 cm³/mol. The summed E-state index contributed by atoms with van der Waals surface area (Å²) in [6.07, 6.45) is 3.70. The average molecular weight is 189 g/mol. The number of hydrogen-bond acceptors (Lipinski definition) is 2. The first-order chi connectivity index (χ1) is 6.83. The Labute approximate surface area is 83.6 Å². The van der Waals surface area contributed by atoms with E-state index >= 15 is 0 Å². The van der Waals surface area contributed by atoms with Crippen molar-refractivity contribution in [3.8, 4) is 0 Å². The van der Waals surface area contributed by atoms with Gasteiger partial charge in [0.25, 0.3) is 0 Å². The molecule has 0 aliphatic heterocycles. The molecule has 1 aromatic carbocycles. The van der Waals surface area contributed by atoms with E-state index in [1.807, 2.05) is 18.2 Å². The Morgan fingerprint density at radius 3 is 3.00 bits per heavy atom. The molecule has 2 rings (SSSR count). The molecule has 0 spiro atoms. The molecule has 2 atom stereocenters. The molecule has 2 nitrogen and oxygen atoms in total. The number of hydrogen-bond donors (Lipinski definition) is 1. The Kier molecular flexibility index (Phi) is 2.64. The SMILES string of the molecule is O=[C]C(O)C1CCCc2ccccc21. The molecule has 0 saturated heterocycles. The van der Waals surface area contributed by atoms with Crippen molar-refractivity contribution in [3.05, 3.63) is 35.4 Å². The number of aryl methyl sites for hydroxylation is 1. The first kappa shape index (κ1) is 9.41. The number of fused-ring (bicyclic) bond motifs is 1.